The molecule has 1 fully saturated rings. The minimum Gasteiger partial charge on any atom is -0.354 e. The Morgan fingerprint density at radius 3 is 2.55 bits per heavy atom. The lowest BCUT2D eigenvalue weighted by Crippen LogP contribution is -2.47. The normalized spacial score (nSPS) is 20.6. The fraction of sp³-hybridized carbons (Fsp3) is 0.571. The van der Waals surface area contributed by atoms with E-state index < -0.39 is 12.1 Å². The van der Waals surface area contributed by atoms with Gasteiger partial charge in [0.15, 0.2) is 11.8 Å². The molecular formula is C21H30F3IN6. The number of hydrogen-bond donors (Lipinski definition) is 2. The van der Waals surface area contributed by atoms with Crippen molar-refractivity contribution in [2.75, 3.05) is 0 Å². The van der Waals surface area contributed by atoms with Crippen molar-refractivity contribution in [1.82, 2.24) is 25.4 Å². The van der Waals surface area contributed by atoms with Crippen LogP contribution in [-0.2, 0) is 13.6 Å². The minimum absolute atomic E-state index is 0. The highest BCUT2D eigenvalue weighted by molar-refractivity contribution is 14.0. The maximum Gasteiger partial charge on any atom is 0.391 e. The number of rotatable bonds is 5. The quantitative estimate of drug-likeness (QED) is 0.323. The lowest BCUT2D eigenvalue weighted by Gasteiger charge is -2.32. The van der Waals surface area contributed by atoms with Crippen molar-refractivity contribution < 1.29 is 13.2 Å². The summed E-state index contributed by atoms with van der Waals surface area (Å²) in [4.78, 5) is 4.60. The third kappa shape index (κ3) is 7.08. The van der Waals surface area contributed by atoms with Crippen LogP contribution in [0.25, 0.3) is 0 Å². The molecule has 6 nitrogen and oxygen atoms in total. The summed E-state index contributed by atoms with van der Waals surface area (Å²) in [6.07, 6.45) is -2.66. The van der Waals surface area contributed by atoms with Gasteiger partial charge in [0.1, 0.15) is 12.4 Å². The van der Waals surface area contributed by atoms with Crippen LogP contribution in [0.1, 0.15) is 55.9 Å². The zero-order valence-electron chi connectivity index (χ0n) is 18.0. The molecule has 0 amide bonds. The second kappa shape index (κ2) is 11.1. The van der Waals surface area contributed by atoms with Gasteiger partial charge in [-0.15, -0.1) is 34.2 Å². The maximum absolute atomic E-state index is 13.2. The highest BCUT2D eigenvalue weighted by Gasteiger charge is 2.42. The molecule has 0 radical (unpaired) electrons. The molecule has 172 valence electrons. The Labute approximate surface area is 198 Å². The Morgan fingerprint density at radius 2 is 1.94 bits per heavy atom. The van der Waals surface area contributed by atoms with Gasteiger partial charge >= 0.3 is 6.18 Å². The Balaban J connectivity index is 0.00000341. The molecule has 10 heteroatoms. The van der Waals surface area contributed by atoms with Crippen LogP contribution in [0.4, 0.5) is 13.2 Å². The molecule has 3 unspecified atom stereocenters. The summed E-state index contributed by atoms with van der Waals surface area (Å²) in [6.45, 7) is 4.14. The van der Waals surface area contributed by atoms with E-state index in [-0.39, 0.29) is 55.4 Å². The summed E-state index contributed by atoms with van der Waals surface area (Å²) in [5.41, 5.74) is 1.07. The van der Waals surface area contributed by atoms with Crippen molar-refractivity contribution in [3.8, 4) is 0 Å². The first-order valence-corrected chi connectivity index (χ1v) is 10.3. The van der Waals surface area contributed by atoms with Gasteiger partial charge < -0.3 is 15.2 Å². The highest BCUT2D eigenvalue weighted by Crippen LogP contribution is 2.37. The Bertz CT molecular complexity index is 853. The number of hydrogen-bond acceptors (Lipinski definition) is 3. The monoisotopic (exact) mass is 550 g/mol. The number of benzene rings is 1. The summed E-state index contributed by atoms with van der Waals surface area (Å²) in [5, 5.41) is 14.7. The lowest BCUT2D eigenvalue weighted by atomic mass is 9.85. The number of guanidine groups is 1. The van der Waals surface area contributed by atoms with Crippen LogP contribution < -0.4 is 10.6 Å². The molecule has 1 aliphatic carbocycles. The van der Waals surface area contributed by atoms with E-state index in [1.807, 2.05) is 55.8 Å². The van der Waals surface area contributed by atoms with E-state index in [1.54, 1.807) is 0 Å². The third-order valence-electron chi connectivity index (χ3n) is 5.69. The molecule has 1 heterocycles. The molecule has 1 aromatic heterocycles. The van der Waals surface area contributed by atoms with Gasteiger partial charge in [-0.2, -0.15) is 13.2 Å². The molecule has 0 saturated heterocycles. The summed E-state index contributed by atoms with van der Waals surface area (Å²) >= 11 is 0. The van der Waals surface area contributed by atoms with Crippen LogP contribution in [0, 0.1) is 12.8 Å². The average Bonchev–Trinajstić information content (AvgIpc) is 3.04. The fourth-order valence-corrected chi connectivity index (χ4v) is 3.71. The number of aromatic nitrogens is 3. The maximum atomic E-state index is 13.2. The number of nitrogens with zero attached hydrogens (tertiary/aromatic N) is 4. The van der Waals surface area contributed by atoms with Crippen molar-refractivity contribution in [3.05, 3.63) is 47.5 Å². The molecule has 3 atom stereocenters. The first-order chi connectivity index (χ1) is 14.2. The summed E-state index contributed by atoms with van der Waals surface area (Å²) in [6, 6.07) is 9.52. The number of aryl methyl sites for hydroxylation is 1. The smallest absolute Gasteiger partial charge is 0.354 e. The van der Waals surface area contributed by atoms with E-state index in [4.69, 9.17) is 0 Å². The van der Waals surface area contributed by atoms with Gasteiger partial charge in [-0.25, -0.2) is 4.99 Å². The molecule has 1 aromatic carbocycles. The number of halogens is 4. The molecule has 0 aliphatic heterocycles. The first-order valence-electron chi connectivity index (χ1n) is 10.3. The van der Waals surface area contributed by atoms with Gasteiger partial charge in [0.2, 0.25) is 0 Å². The molecule has 2 aromatic rings. The van der Waals surface area contributed by atoms with Crippen LogP contribution >= 0.6 is 24.0 Å². The van der Waals surface area contributed by atoms with Crippen molar-refractivity contribution in [2.45, 2.75) is 64.3 Å². The van der Waals surface area contributed by atoms with Crippen LogP contribution in [0.2, 0.25) is 0 Å². The van der Waals surface area contributed by atoms with Gasteiger partial charge in [-0.05, 0) is 38.7 Å². The van der Waals surface area contributed by atoms with E-state index in [0.717, 1.165) is 11.4 Å². The topological polar surface area (TPSA) is 67.1 Å². The summed E-state index contributed by atoms with van der Waals surface area (Å²) < 4.78 is 41.5. The fourth-order valence-electron chi connectivity index (χ4n) is 3.71. The predicted octanol–water partition coefficient (Wildman–Crippen LogP) is 4.66. The first kappa shape index (κ1) is 25.4. The highest BCUT2D eigenvalue weighted by atomic mass is 127. The van der Waals surface area contributed by atoms with E-state index in [0.29, 0.717) is 24.6 Å². The largest absolute Gasteiger partial charge is 0.391 e. The van der Waals surface area contributed by atoms with Gasteiger partial charge in [-0.3, -0.25) is 0 Å². The Kier molecular flexibility index (Phi) is 9.14. The molecule has 2 N–H and O–H groups in total. The molecule has 3 rings (SSSR count). The third-order valence-corrected chi connectivity index (χ3v) is 5.69. The minimum atomic E-state index is -4.15. The van der Waals surface area contributed by atoms with E-state index in [9.17, 15) is 13.2 Å². The van der Waals surface area contributed by atoms with Crippen LogP contribution in [-0.4, -0.2) is 32.9 Å². The zero-order valence-corrected chi connectivity index (χ0v) is 20.3. The lowest BCUT2D eigenvalue weighted by molar-refractivity contribution is -0.183. The van der Waals surface area contributed by atoms with Crippen LogP contribution in [0.15, 0.2) is 35.3 Å². The molecule has 0 spiro atoms. The molecule has 0 bridgehead atoms. The zero-order chi connectivity index (χ0) is 21.7. The van der Waals surface area contributed by atoms with Crippen LogP contribution in [0.5, 0.6) is 0 Å². The van der Waals surface area contributed by atoms with Crippen molar-refractivity contribution >= 4 is 29.9 Å². The van der Waals surface area contributed by atoms with Gasteiger partial charge in [0, 0.05) is 13.1 Å². The second-order valence-electron chi connectivity index (χ2n) is 7.91. The molecule has 1 aliphatic rings. The van der Waals surface area contributed by atoms with Crippen LogP contribution in [0.3, 0.4) is 0 Å². The predicted molar refractivity (Wildman–Crippen MR) is 125 cm³/mol. The van der Waals surface area contributed by atoms with E-state index in [1.165, 1.54) is 0 Å². The molecule has 31 heavy (non-hydrogen) atoms. The standard InChI is InChI=1S/C21H29F3N6.HI/c1-14(16-8-5-4-6-9-16)26-20(25-13-19-29-28-15(2)30(19)3)27-18-11-7-10-17(12-18)21(22,23)24;/h4-6,8-9,14,17-18H,7,10-13H2,1-3H3,(H2,25,26,27);1H. The number of alkyl halides is 3. The van der Waals surface area contributed by atoms with Gasteiger partial charge in [-0.1, -0.05) is 36.8 Å². The van der Waals surface area contributed by atoms with E-state index >= 15 is 0 Å². The summed E-state index contributed by atoms with van der Waals surface area (Å²) in [7, 11) is 1.86. The average molecular weight is 550 g/mol. The Morgan fingerprint density at radius 1 is 1.23 bits per heavy atom. The van der Waals surface area contributed by atoms with Crippen molar-refractivity contribution in [1.29, 1.82) is 0 Å². The van der Waals surface area contributed by atoms with Crippen molar-refractivity contribution in [3.63, 3.8) is 0 Å². The van der Waals surface area contributed by atoms with Crippen molar-refractivity contribution in [2.24, 2.45) is 18.0 Å². The Hall–Kier alpha value is -1.85. The second-order valence-corrected chi connectivity index (χ2v) is 7.91. The van der Waals surface area contributed by atoms with Gasteiger partial charge in [0.25, 0.3) is 0 Å². The molecular weight excluding hydrogens is 520 g/mol. The SMILES string of the molecule is Cc1nnc(CN=C(NC2CCCC(C(F)(F)F)C2)NC(C)c2ccccc2)n1C.I. The summed E-state index contributed by atoms with van der Waals surface area (Å²) in [5.74, 6) is 0.691. The molecule has 1 saturated carbocycles. The number of aliphatic imine (C=N–C) groups is 1. The number of nitrogens with one attached hydrogen (secondary N) is 2. The van der Waals surface area contributed by atoms with Gasteiger partial charge in [0.05, 0.1) is 12.0 Å². The van der Waals surface area contributed by atoms with E-state index in [2.05, 4.69) is 25.8 Å².